The van der Waals surface area contributed by atoms with Crippen molar-refractivity contribution in [2.24, 2.45) is 5.73 Å². The molecule has 2 aromatic rings. The first-order chi connectivity index (χ1) is 8.58. The van der Waals surface area contributed by atoms with Crippen molar-refractivity contribution in [3.63, 3.8) is 0 Å². The van der Waals surface area contributed by atoms with Gasteiger partial charge in [0.2, 0.25) is 5.78 Å². The topological polar surface area (TPSA) is 56.2 Å². The van der Waals surface area contributed by atoms with Gasteiger partial charge in [-0.2, -0.15) is 0 Å². The SMILES string of the molecule is NC1(C(=O)c2cc3cc(F)ccc3o2)CCCC1. The van der Waals surface area contributed by atoms with Crippen LogP contribution < -0.4 is 5.73 Å². The fraction of sp³-hybridized carbons (Fsp3) is 0.357. The van der Waals surface area contributed by atoms with Crippen LogP contribution in [0.5, 0.6) is 0 Å². The van der Waals surface area contributed by atoms with E-state index in [2.05, 4.69) is 0 Å². The van der Waals surface area contributed by atoms with E-state index in [4.69, 9.17) is 10.2 Å². The van der Waals surface area contributed by atoms with Crippen molar-refractivity contribution in [3.05, 3.63) is 35.8 Å². The summed E-state index contributed by atoms with van der Waals surface area (Å²) in [6, 6.07) is 5.77. The minimum absolute atomic E-state index is 0.170. The monoisotopic (exact) mass is 247 g/mol. The number of benzene rings is 1. The molecule has 94 valence electrons. The fourth-order valence-electron chi connectivity index (χ4n) is 2.60. The molecule has 0 bridgehead atoms. The lowest BCUT2D eigenvalue weighted by atomic mass is 9.92. The second-order valence-corrected chi connectivity index (χ2v) is 4.99. The molecule has 2 N–H and O–H groups in total. The molecule has 0 aliphatic heterocycles. The molecule has 18 heavy (non-hydrogen) atoms. The van der Waals surface area contributed by atoms with Gasteiger partial charge < -0.3 is 10.2 Å². The van der Waals surface area contributed by atoms with Crippen molar-refractivity contribution in [2.45, 2.75) is 31.2 Å². The highest BCUT2D eigenvalue weighted by atomic mass is 19.1. The van der Waals surface area contributed by atoms with E-state index in [0.29, 0.717) is 23.8 Å². The van der Waals surface area contributed by atoms with E-state index in [9.17, 15) is 9.18 Å². The molecule has 0 atom stereocenters. The first kappa shape index (κ1) is 11.4. The molecule has 1 aromatic carbocycles. The Balaban J connectivity index is 2.01. The van der Waals surface area contributed by atoms with E-state index in [1.165, 1.54) is 18.2 Å². The number of ketones is 1. The van der Waals surface area contributed by atoms with Gasteiger partial charge in [-0.15, -0.1) is 0 Å². The molecule has 1 fully saturated rings. The summed E-state index contributed by atoms with van der Waals surface area (Å²) in [6.45, 7) is 0. The largest absolute Gasteiger partial charge is 0.453 e. The average Bonchev–Trinajstić information content (AvgIpc) is 2.94. The zero-order chi connectivity index (χ0) is 12.8. The van der Waals surface area contributed by atoms with E-state index >= 15 is 0 Å². The Hall–Kier alpha value is -1.68. The molecule has 0 unspecified atom stereocenters. The van der Waals surface area contributed by atoms with Gasteiger partial charge >= 0.3 is 0 Å². The van der Waals surface area contributed by atoms with Crippen LogP contribution in [0.1, 0.15) is 36.2 Å². The molecule has 0 saturated heterocycles. The minimum Gasteiger partial charge on any atom is -0.453 e. The summed E-state index contributed by atoms with van der Waals surface area (Å²) in [7, 11) is 0. The van der Waals surface area contributed by atoms with Crippen molar-refractivity contribution in [1.82, 2.24) is 0 Å². The maximum absolute atomic E-state index is 13.1. The van der Waals surface area contributed by atoms with Gasteiger partial charge in [-0.05, 0) is 37.1 Å². The average molecular weight is 247 g/mol. The molecular formula is C14H14FNO2. The van der Waals surface area contributed by atoms with Crippen LogP contribution >= 0.6 is 0 Å². The predicted octanol–water partition coefficient (Wildman–Crippen LogP) is 3.03. The standard InChI is InChI=1S/C14H14FNO2/c15-10-3-4-11-9(7-10)8-12(18-11)13(17)14(16)5-1-2-6-14/h3-4,7-8H,1-2,5-6,16H2. The summed E-state index contributed by atoms with van der Waals surface area (Å²) in [6.07, 6.45) is 3.32. The second-order valence-electron chi connectivity index (χ2n) is 4.99. The molecule has 3 nitrogen and oxygen atoms in total. The van der Waals surface area contributed by atoms with Crippen molar-refractivity contribution in [3.8, 4) is 0 Å². The number of carbonyl (C=O) groups is 1. The Bertz CT molecular complexity index is 611. The lowest BCUT2D eigenvalue weighted by Gasteiger charge is -2.19. The van der Waals surface area contributed by atoms with E-state index < -0.39 is 5.54 Å². The third-order valence-electron chi connectivity index (χ3n) is 3.65. The van der Waals surface area contributed by atoms with E-state index in [1.54, 1.807) is 6.07 Å². The highest BCUT2D eigenvalue weighted by molar-refractivity contribution is 6.03. The van der Waals surface area contributed by atoms with Crippen LogP contribution in [0.4, 0.5) is 4.39 Å². The number of carbonyl (C=O) groups excluding carboxylic acids is 1. The number of furan rings is 1. The zero-order valence-corrected chi connectivity index (χ0v) is 9.91. The lowest BCUT2D eigenvalue weighted by Crippen LogP contribution is -2.45. The second kappa shape index (κ2) is 3.92. The molecule has 4 heteroatoms. The number of nitrogens with two attached hydrogens (primary N) is 1. The van der Waals surface area contributed by atoms with Crippen LogP contribution in [-0.2, 0) is 0 Å². The Morgan fingerprint density at radius 1 is 1.28 bits per heavy atom. The zero-order valence-electron chi connectivity index (χ0n) is 9.91. The summed E-state index contributed by atoms with van der Waals surface area (Å²) in [4.78, 5) is 12.3. The van der Waals surface area contributed by atoms with Crippen LogP contribution in [0.2, 0.25) is 0 Å². The summed E-state index contributed by atoms with van der Waals surface area (Å²) in [5.74, 6) is -0.276. The summed E-state index contributed by atoms with van der Waals surface area (Å²) < 4.78 is 18.5. The maximum Gasteiger partial charge on any atom is 0.217 e. The van der Waals surface area contributed by atoms with Crippen molar-refractivity contribution in [2.75, 3.05) is 0 Å². The van der Waals surface area contributed by atoms with Crippen LogP contribution in [0.15, 0.2) is 28.7 Å². The summed E-state index contributed by atoms with van der Waals surface area (Å²) in [5, 5.41) is 0.597. The Morgan fingerprint density at radius 2 is 2.00 bits per heavy atom. The van der Waals surface area contributed by atoms with Crippen molar-refractivity contribution >= 4 is 16.8 Å². The van der Waals surface area contributed by atoms with Gasteiger partial charge in [0.15, 0.2) is 5.76 Å². The van der Waals surface area contributed by atoms with Gasteiger partial charge in [-0.1, -0.05) is 12.8 Å². The third-order valence-corrected chi connectivity index (χ3v) is 3.65. The number of hydrogen-bond donors (Lipinski definition) is 1. The molecule has 1 aliphatic carbocycles. The van der Waals surface area contributed by atoms with Crippen LogP contribution in [-0.4, -0.2) is 11.3 Å². The Morgan fingerprint density at radius 3 is 2.72 bits per heavy atom. The number of rotatable bonds is 2. The van der Waals surface area contributed by atoms with Gasteiger partial charge in [-0.25, -0.2) is 4.39 Å². The van der Waals surface area contributed by atoms with Gasteiger partial charge in [-0.3, -0.25) is 4.79 Å². The molecule has 0 spiro atoms. The molecule has 0 amide bonds. The number of fused-ring (bicyclic) bond motifs is 1. The van der Waals surface area contributed by atoms with Crippen LogP contribution in [0, 0.1) is 5.82 Å². The fourth-order valence-corrected chi connectivity index (χ4v) is 2.60. The Labute approximate surface area is 104 Å². The first-order valence-electron chi connectivity index (χ1n) is 6.11. The minimum atomic E-state index is -0.799. The molecule has 3 rings (SSSR count). The summed E-state index contributed by atoms with van der Waals surface area (Å²) >= 11 is 0. The normalized spacial score (nSPS) is 18.3. The number of halogens is 1. The summed E-state index contributed by atoms with van der Waals surface area (Å²) in [5.41, 5.74) is 5.82. The van der Waals surface area contributed by atoms with E-state index in [-0.39, 0.29) is 17.4 Å². The Kier molecular flexibility index (Phi) is 2.48. The van der Waals surface area contributed by atoms with Crippen LogP contribution in [0.25, 0.3) is 11.0 Å². The molecule has 1 aromatic heterocycles. The lowest BCUT2D eigenvalue weighted by molar-refractivity contribution is 0.0865. The van der Waals surface area contributed by atoms with E-state index in [1.807, 2.05) is 0 Å². The highest BCUT2D eigenvalue weighted by Gasteiger charge is 2.39. The highest BCUT2D eigenvalue weighted by Crippen LogP contribution is 2.32. The van der Waals surface area contributed by atoms with Gasteiger partial charge in [0.25, 0.3) is 0 Å². The third kappa shape index (κ3) is 1.73. The first-order valence-corrected chi connectivity index (χ1v) is 6.11. The van der Waals surface area contributed by atoms with Crippen LogP contribution in [0.3, 0.4) is 0 Å². The maximum atomic E-state index is 13.1. The van der Waals surface area contributed by atoms with Crippen molar-refractivity contribution < 1.29 is 13.6 Å². The molecule has 1 heterocycles. The quantitative estimate of drug-likeness (QED) is 0.830. The molecule has 0 radical (unpaired) electrons. The number of hydrogen-bond acceptors (Lipinski definition) is 3. The van der Waals surface area contributed by atoms with E-state index in [0.717, 1.165) is 12.8 Å². The van der Waals surface area contributed by atoms with Gasteiger partial charge in [0, 0.05) is 5.39 Å². The molecule has 1 saturated carbocycles. The van der Waals surface area contributed by atoms with Gasteiger partial charge in [0.1, 0.15) is 11.4 Å². The smallest absolute Gasteiger partial charge is 0.217 e. The number of Topliss-reactive ketones (excluding diaryl/α,β-unsaturated/α-hetero) is 1. The van der Waals surface area contributed by atoms with Crippen molar-refractivity contribution in [1.29, 1.82) is 0 Å². The predicted molar refractivity (Wildman–Crippen MR) is 65.9 cm³/mol. The molecular weight excluding hydrogens is 233 g/mol. The van der Waals surface area contributed by atoms with Gasteiger partial charge in [0.05, 0.1) is 5.54 Å². The molecule has 1 aliphatic rings.